The highest BCUT2D eigenvalue weighted by Gasteiger charge is 2.24. The monoisotopic (exact) mass is 604 g/mol. The van der Waals surface area contributed by atoms with Gasteiger partial charge < -0.3 is 19.9 Å². The van der Waals surface area contributed by atoms with Crippen molar-refractivity contribution in [1.82, 2.24) is 14.9 Å². The summed E-state index contributed by atoms with van der Waals surface area (Å²) in [6.45, 7) is 10.0. The average molecular weight is 606 g/mol. The van der Waals surface area contributed by atoms with Gasteiger partial charge in [-0.2, -0.15) is 4.98 Å². The van der Waals surface area contributed by atoms with Crippen LogP contribution >= 0.6 is 23.2 Å². The molecule has 1 amide bonds. The maximum absolute atomic E-state index is 13.7. The molecule has 4 aromatic rings. The molecule has 3 aromatic carbocycles. The number of ether oxygens (including phenoxy) is 1. The zero-order valence-electron chi connectivity index (χ0n) is 24.2. The topological polar surface area (TPSA) is 73.8 Å². The maximum atomic E-state index is 13.7. The van der Waals surface area contributed by atoms with Crippen molar-refractivity contribution in [1.29, 1.82) is 0 Å². The van der Waals surface area contributed by atoms with E-state index in [1.165, 1.54) is 10.6 Å². The van der Waals surface area contributed by atoms with E-state index in [0.717, 1.165) is 48.6 Å². The molecule has 218 valence electrons. The van der Waals surface area contributed by atoms with Gasteiger partial charge in [0.05, 0.1) is 6.54 Å². The number of nitrogens with zero attached hydrogens (tertiary/aromatic N) is 5. The summed E-state index contributed by atoms with van der Waals surface area (Å²) in [6, 6.07) is 19.0. The van der Waals surface area contributed by atoms with Crippen molar-refractivity contribution in [2.24, 2.45) is 0 Å². The number of nitrogens with one attached hydrogen (secondary N) is 1. The molecule has 0 spiro atoms. The summed E-state index contributed by atoms with van der Waals surface area (Å²) in [5.41, 5.74) is 5.50. The molecule has 0 bridgehead atoms. The van der Waals surface area contributed by atoms with Gasteiger partial charge in [-0.05, 0) is 93.0 Å². The van der Waals surface area contributed by atoms with E-state index < -0.39 is 6.09 Å². The third-order valence-electron chi connectivity index (χ3n) is 7.26. The average Bonchev–Trinajstić information content (AvgIpc) is 2.96. The Bertz CT molecular complexity index is 1550. The first-order valence-electron chi connectivity index (χ1n) is 13.8. The van der Waals surface area contributed by atoms with Gasteiger partial charge in [0.1, 0.15) is 11.6 Å². The van der Waals surface area contributed by atoms with E-state index >= 15 is 0 Å². The first kappa shape index (κ1) is 29.6. The van der Waals surface area contributed by atoms with Crippen LogP contribution in [0.25, 0.3) is 0 Å². The summed E-state index contributed by atoms with van der Waals surface area (Å²) in [5, 5.41) is 4.25. The van der Waals surface area contributed by atoms with Gasteiger partial charge in [0.2, 0.25) is 5.95 Å². The summed E-state index contributed by atoms with van der Waals surface area (Å²) in [7, 11) is 2.15. The van der Waals surface area contributed by atoms with E-state index in [2.05, 4.69) is 44.3 Å². The fourth-order valence-electron chi connectivity index (χ4n) is 5.05. The van der Waals surface area contributed by atoms with Crippen molar-refractivity contribution < 1.29 is 9.53 Å². The predicted molar refractivity (Wildman–Crippen MR) is 171 cm³/mol. The quantitative estimate of drug-likeness (QED) is 0.235. The van der Waals surface area contributed by atoms with Crippen LogP contribution in [0, 0.1) is 20.8 Å². The standard InChI is InChI=1S/C32H34Cl2N6O2/c1-21-17-22(2)30(23(3)18-21)42-32(41)40(20-24-19-25(33)5-10-28(24)34)29-11-12-35-31(37-29)36-26-6-8-27(9-7-26)39-15-13-38(4)14-16-39/h5-12,17-19H,13-16,20H2,1-4H3,(H,35,36,37). The molecule has 10 heteroatoms. The first-order valence-corrected chi connectivity index (χ1v) is 14.6. The lowest BCUT2D eigenvalue weighted by Gasteiger charge is -2.34. The van der Waals surface area contributed by atoms with Crippen molar-refractivity contribution in [3.05, 3.63) is 99.2 Å². The van der Waals surface area contributed by atoms with Gasteiger partial charge in [0.15, 0.2) is 0 Å². The van der Waals surface area contributed by atoms with Crippen molar-refractivity contribution in [2.75, 3.05) is 48.3 Å². The lowest BCUT2D eigenvalue weighted by Crippen LogP contribution is -2.44. The van der Waals surface area contributed by atoms with Gasteiger partial charge in [0, 0.05) is 53.8 Å². The normalized spacial score (nSPS) is 13.6. The number of piperazine rings is 1. The Balaban J connectivity index is 1.40. The Morgan fingerprint density at radius 2 is 1.64 bits per heavy atom. The van der Waals surface area contributed by atoms with Crippen LogP contribution in [0.4, 0.5) is 27.9 Å². The molecule has 42 heavy (non-hydrogen) atoms. The Hall–Kier alpha value is -3.85. The third kappa shape index (κ3) is 7.13. The Labute approximate surface area is 256 Å². The van der Waals surface area contributed by atoms with Crippen LogP contribution < -0.4 is 19.9 Å². The van der Waals surface area contributed by atoms with Crippen molar-refractivity contribution in [2.45, 2.75) is 27.3 Å². The van der Waals surface area contributed by atoms with Crippen LogP contribution in [0.15, 0.2) is 66.9 Å². The van der Waals surface area contributed by atoms with Gasteiger partial charge in [-0.3, -0.25) is 4.90 Å². The number of benzene rings is 3. The minimum atomic E-state index is -0.595. The van der Waals surface area contributed by atoms with Gasteiger partial charge in [-0.1, -0.05) is 40.9 Å². The van der Waals surface area contributed by atoms with E-state index in [0.29, 0.717) is 33.1 Å². The molecule has 1 saturated heterocycles. The highest BCUT2D eigenvalue weighted by molar-refractivity contribution is 6.33. The molecule has 0 saturated carbocycles. The van der Waals surface area contributed by atoms with Crippen LogP contribution in [-0.4, -0.2) is 54.2 Å². The van der Waals surface area contributed by atoms with Crippen LogP contribution in [0.2, 0.25) is 10.0 Å². The molecule has 0 atom stereocenters. The number of carbonyl (C=O) groups is 1. The summed E-state index contributed by atoms with van der Waals surface area (Å²) >= 11 is 12.7. The highest BCUT2D eigenvalue weighted by atomic mass is 35.5. The second-order valence-corrected chi connectivity index (χ2v) is 11.5. The molecule has 0 aliphatic carbocycles. The molecule has 1 N–H and O–H groups in total. The van der Waals surface area contributed by atoms with Crippen molar-refractivity contribution in [3.8, 4) is 5.75 Å². The second-order valence-electron chi connectivity index (χ2n) is 10.6. The molecule has 1 aliphatic heterocycles. The van der Waals surface area contributed by atoms with Gasteiger partial charge in [0.25, 0.3) is 0 Å². The van der Waals surface area contributed by atoms with Gasteiger partial charge in [-0.25, -0.2) is 9.78 Å². The Morgan fingerprint density at radius 1 is 0.952 bits per heavy atom. The maximum Gasteiger partial charge on any atom is 0.421 e. The first-order chi connectivity index (χ1) is 20.2. The molecule has 1 fully saturated rings. The Morgan fingerprint density at radius 3 is 2.33 bits per heavy atom. The molecule has 0 radical (unpaired) electrons. The summed E-state index contributed by atoms with van der Waals surface area (Å²) < 4.78 is 5.95. The minimum absolute atomic E-state index is 0.0956. The van der Waals surface area contributed by atoms with Crippen molar-refractivity contribution in [3.63, 3.8) is 0 Å². The molecular weight excluding hydrogens is 571 g/mol. The van der Waals surface area contributed by atoms with E-state index in [-0.39, 0.29) is 6.54 Å². The molecular formula is C32H34Cl2N6O2. The lowest BCUT2D eigenvalue weighted by atomic mass is 10.1. The van der Waals surface area contributed by atoms with Crippen LogP contribution in [0.1, 0.15) is 22.3 Å². The van der Waals surface area contributed by atoms with Crippen LogP contribution in [0.3, 0.4) is 0 Å². The number of hydrogen-bond donors (Lipinski definition) is 1. The second kappa shape index (κ2) is 13.0. The molecule has 5 rings (SSSR count). The number of likely N-dealkylation sites (N-methyl/N-ethyl adjacent to an activating group) is 1. The summed E-state index contributed by atoms with van der Waals surface area (Å²) in [4.78, 5) is 28.9. The Kier molecular flexibility index (Phi) is 9.16. The largest absolute Gasteiger partial charge is 0.421 e. The van der Waals surface area contributed by atoms with Gasteiger partial charge in [-0.15, -0.1) is 0 Å². The molecule has 8 nitrogen and oxygen atoms in total. The number of halogens is 2. The van der Waals surface area contributed by atoms with E-state index in [4.69, 9.17) is 27.9 Å². The van der Waals surface area contributed by atoms with Crippen LogP contribution in [-0.2, 0) is 6.54 Å². The fourth-order valence-corrected chi connectivity index (χ4v) is 5.43. The zero-order valence-corrected chi connectivity index (χ0v) is 25.7. The molecule has 2 heterocycles. The van der Waals surface area contributed by atoms with E-state index in [1.54, 1.807) is 30.5 Å². The third-order valence-corrected chi connectivity index (χ3v) is 7.86. The summed E-state index contributed by atoms with van der Waals surface area (Å²) in [6.07, 6.45) is 1.01. The lowest BCUT2D eigenvalue weighted by molar-refractivity contribution is 0.206. The molecule has 1 aromatic heterocycles. The number of hydrogen-bond acceptors (Lipinski definition) is 7. The number of rotatable bonds is 7. The number of anilines is 4. The number of aromatic nitrogens is 2. The fraction of sp³-hybridized carbons (Fsp3) is 0.281. The van der Waals surface area contributed by atoms with Gasteiger partial charge >= 0.3 is 6.09 Å². The highest BCUT2D eigenvalue weighted by Crippen LogP contribution is 2.29. The zero-order chi connectivity index (χ0) is 29.8. The van der Waals surface area contributed by atoms with E-state index in [9.17, 15) is 4.79 Å². The minimum Gasteiger partial charge on any atom is -0.409 e. The van der Waals surface area contributed by atoms with Crippen LogP contribution in [0.5, 0.6) is 5.75 Å². The number of carbonyl (C=O) groups excluding carboxylic acids is 1. The molecule has 0 unspecified atom stereocenters. The van der Waals surface area contributed by atoms with Crippen molar-refractivity contribution >= 4 is 52.4 Å². The predicted octanol–water partition coefficient (Wildman–Crippen LogP) is 7.41. The SMILES string of the molecule is Cc1cc(C)c(OC(=O)N(Cc2cc(Cl)ccc2Cl)c2ccnc(Nc3ccc(N4CCN(C)CC4)cc3)n2)c(C)c1. The number of amides is 1. The smallest absolute Gasteiger partial charge is 0.409 e. The number of aryl methyl sites for hydroxylation is 3. The summed E-state index contributed by atoms with van der Waals surface area (Å²) in [5.74, 6) is 1.21. The molecule has 1 aliphatic rings. The van der Waals surface area contributed by atoms with E-state index in [1.807, 2.05) is 45.0 Å².